The van der Waals surface area contributed by atoms with Crippen LogP contribution in [-0.2, 0) is 16.5 Å². The first kappa shape index (κ1) is 27.3. The van der Waals surface area contributed by atoms with Crippen LogP contribution in [0.1, 0.15) is 22.8 Å². The lowest BCUT2D eigenvalue weighted by Crippen LogP contribution is -2.12. The number of aryl methyl sites for hydroxylation is 1. The van der Waals surface area contributed by atoms with E-state index < -0.39 is 26.7 Å². The zero-order valence-corrected chi connectivity index (χ0v) is 22.4. The summed E-state index contributed by atoms with van der Waals surface area (Å²) in [4.78, 5) is 12.7. The van der Waals surface area contributed by atoms with Crippen LogP contribution in [0.3, 0.4) is 0 Å². The number of phenolic OH excluding ortho intramolecular Hbond substituents is 1. The zero-order valence-electron chi connectivity index (χ0n) is 20.1. The second-order valence-corrected chi connectivity index (χ2v) is 10.2. The van der Waals surface area contributed by atoms with Gasteiger partial charge in [0.15, 0.2) is 5.75 Å². The Bertz CT molecular complexity index is 1710. The number of carbonyl (C=O) groups is 1. The van der Waals surface area contributed by atoms with Crippen molar-refractivity contribution in [1.82, 2.24) is 0 Å². The van der Waals surface area contributed by atoms with E-state index in [9.17, 15) is 22.9 Å². The van der Waals surface area contributed by atoms with Crippen LogP contribution in [0.25, 0.3) is 10.8 Å². The van der Waals surface area contributed by atoms with Gasteiger partial charge in [-0.3, -0.25) is 9.35 Å². The van der Waals surface area contributed by atoms with Crippen molar-refractivity contribution in [3.63, 3.8) is 0 Å². The summed E-state index contributed by atoms with van der Waals surface area (Å²) in [6.45, 7) is 1.76. The Labute approximate surface area is 228 Å². The molecule has 9 nitrogen and oxygen atoms in total. The van der Waals surface area contributed by atoms with Crippen LogP contribution in [0, 0.1) is 0 Å². The molecule has 12 heteroatoms. The quantitative estimate of drug-likeness (QED) is 0.156. The van der Waals surface area contributed by atoms with E-state index in [4.69, 9.17) is 27.9 Å². The maximum absolute atomic E-state index is 13.2. The van der Waals surface area contributed by atoms with E-state index in [1.807, 2.05) is 0 Å². The highest BCUT2D eigenvalue weighted by atomic mass is 35.5. The SMILES string of the molecule is CCc1cc(N=Nc2c(O)c(C(=O)Nc3cccc(OC)c3Cl)cc3ccccc23)cc(S(=O)(=O)O)c1Cl. The van der Waals surface area contributed by atoms with Crippen LogP contribution < -0.4 is 10.1 Å². The van der Waals surface area contributed by atoms with Gasteiger partial charge in [0.25, 0.3) is 16.0 Å². The van der Waals surface area contributed by atoms with Gasteiger partial charge in [-0.25, -0.2) is 0 Å². The van der Waals surface area contributed by atoms with E-state index in [0.29, 0.717) is 28.5 Å². The van der Waals surface area contributed by atoms with Crippen LogP contribution in [0.4, 0.5) is 17.1 Å². The van der Waals surface area contributed by atoms with E-state index in [1.54, 1.807) is 49.4 Å². The topological polar surface area (TPSA) is 138 Å². The number of nitrogens with zero attached hydrogens (tertiary/aromatic N) is 2. The summed E-state index contributed by atoms with van der Waals surface area (Å²) in [5, 5.41) is 23.1. The van der Waals surface area contributed by atoms with Gasteiger partial charge in [0.1, 0.15) is 21.4 Å². The number of anilines is 1. The van der Waals surface area contributed by atoms with Gasteiger partial charge < -0.3 is 15.2 Å². The summed E-state index contributed by atoms with van der Waals surface area (Å²) >= 11 is 12.4. The van der Waals surface area contributed by atoms with Crippen LogP contribution in [0.15, 0.2) is 75.8 Å². The molecule has 4 rings (SSSR count). The van der Waals surface area contributed by atoms with Crippen LogP contribution >= 0.6 is 23.2 Å². The van der Waals surface area contributed by atoms with Gasteiger partial charge in [0.2, 0.25) is 0 Å². The van der Waals surface area contributed by atoms with E-state index in [0.717, 1.165) is 6.07 Å². The van der Waals surface area contributed by atoms with Crippen molar-refractivity contribution in [3.8, 4) is 11.5 Å². The predicted molar refractivity (Wildman–Crippen MR) is 146 cm³/mol. The summed E-state index contributed by atoms with van der Waals surface area (Å²) in [6.07, 6.45) is 0.362. The number of rotatable bonds is 7. The molecular formula is C26H21Cl2N3O6S. The van der Waals surface area contributed by atoms with Crippen molar-refractivity contribution < 1.29 is 27.6 Å². The van der Waals surface area contributed by atoms with Gasteiger partial charge in [-0.15, -0.1) is 5.11 Å². The molecule has 0 atom stereocenters. The molecule has 0 saturated carbocycles. The van der Waals surface area contributed by atoms with E-state index in [-0.39, 0.29) is 32.7 Å². The molecule has 3 N–H and O–H groups in total. The zero-order chi connectivity index (χ0) is 27.6. The van der Waals surface area contributed by atoms with E-state index in [2.05, 4.69) is 15.5 Å². The molecule has 0 aromatic heterocycles. The number of carbonyl (C=O) groups excluding carboxylic acids is 1. The van der Waals surface area contributed by atoms with E-state index in [1.165, 1.54) is 19.2 Å². The van der Waals surface area contributed by atoms with Crippen molar-refractivity contribution in [2.24, 2.45) is 10.2 Å². The van der Waals surface area contributed by atoms with Gasteiger partial charge in [0.05, 0.1) is 29.1 Å². The summed E-state index contributed by atoms with van der Waals surface area (Å²) in [7, 11) is -3.18. The Morgan fingerprint density at radius 1 is 1.03 bits per heavy atom. The van der Waals surface area contributed by atoms with Gasteiger partial charge in [0, 0.05) is 5.39 Å². The van der Waals surface area contributed by atoms with Crippen molar-refractivity contribution in [2.45, 2.75) is 18.2 Å². The minimum absolute atomic E-state index is 0.0219. The number of amides is 1. The predicted octanol–water partition coefficient (Wildman–Crippen LogP) is 7.34. The van der Waals surface area contributed by atoms with Crippen LogP contribution in [0.2, 0.25) is 10.0 Å². The first-order valence-corrected chi connectivity index (χ1v) is 13.3. The molecule has 0 fully saturated rings. The van der Waals surface area contributed by atoms with Gasteiger partial charge in [-0.2, -0.15) is 13.5 Å². The van der Waals surface area contributed by atoms with Crippen LogP contribution in [-0.4, -0.2) is 31.1 Å². The molecule has 0 aliphatic rings. The molecular weight excluding hydrogens is 553 g/mol. The number of halogens is 2. The molecule has 4 aromatic rings. The van der Waals surface area contributed by atoms with Crippen LogP contribution in [0.5, 0.6) is 11.5 Å². The molecule has 0 spiro atoms. The van der Waals surface area contributed by atoms with Crippen molar-refractivity contribution in [1.29, 1.82) is 0 Å². The summed E-state index contributed by atoms with van der Waals surface area (Å²) in [5.74, 6) is -0.753. The molecule has 0 radical (unpaired) electrons. The molecule has 0 aliphatic carbocycles. The molecule has 0 unspecified atom stereocenters. The number of hydrogen-bond acceptors (Lipinski definition) is 7. The molecule has 4 aromatic carbocycles. The molecule has 0 heterocycles. The number of ether oxygens (including phenoxy) is 1. The lowest BCUT2D eigenvalue weighted by molar-refractivity contribution is 0.102. The van der Waals surface area contributed by atoms with Crippen molar-refractivity contribution >= 4 is 67.1 Å². The highest BCUT2D eigenvalue weighted by Crippen LogP contribution is 2.41. The average Bonchev–Trinajstić information content (AvgIpc) is 2.89. The maximum Gasteiger partial charge on any atom is 0.296 e. The van der Waals surface area contributed by atoms with Crippen molar-refractivity contribution in [2.75, 3.05) is 12.4 Å². The largest absolute Gasteiger partial charge is 0.505 e. The Hall–Kier alpha value is -3.70. The minimum atomic E-state index is -4.63. The number of hydrogen-bond donors (Lipinski definition) is 3. The number of azo groups is 1. The van der Waals surface area contributed by atoms with Gasteiger partial charge >= 0.3 is 0 Å². The minimum Gasteiger partial charge on any atom is -0.505 e. The average molecular weight is 574 g/mol. The number of nitrogens with one attached hydrogen (secondary N) is 1. The summed E-state index contributed by atoms with van der Waals surface area (Å²) in [6, 6.07) is 15.9. The second-order valence-electron chi connectivity index (χ2n) is 8.06. The smallest absolute Gasteiger partial charge is 0.296 e. The van der Waals surface area contributed by atoms with Gasteiger partial charge in [-0.05, 0) is 47.7 Å². The fourth-order valence-corrected chi connectivity index (χ4v) is 5.21. The standard InChI is InChI=1S/C26H21Cl2N3O6S/c1-3-14-11-16(13-21(22(14)27)38(34,35)36)30-31-24-17-8-5-4-7-15(17)12-18(25(24)32)26(33)29-19-9-6-10-20(37-2)23(19)28/h4-13,32H,3H2,1-2H3,(H,29,33)(H,34,35,36). The highest BCUT2D eigenvalue weighted by molar-refractivity contribution is 7.86. The third-order valence-electron chi connectivity index (χ3n) is 5.69. The molecule has 0 saturated heterocycles. The third kappa shape index (κ3) is 5.44. The number of benzene rings is 4. The Kier molecular flexibility index (Phi) is 7.89. The summed E-state index contributed by atoms with van der Waals surface area (Å²) < 4.78 is 38.4. The number of aromatic hydroxyl groups is 1. The van der Waals surface area contributed by atoms with Crippen molar-refractivity contribution in [3.05, 3.63) is 81.8 Å². The normalized spacial score (nSPS) is 11.7. The second kappa shape index (κ2) is 11.0. The Balaban J connectivity index is 1.82. The lowest BCUT2D eigenvalue weighted by atomic mass is 10.0. The number of phenols is 1. The fourth-order valence-electron chi connectivity index (χ4n) is 3.80. The molecule has 0 bridgehead atoms. The number of methoxy groups -OCH3 is 1. The first-order chi connectivity index (χ1) is 18.0. The third-order valence-corrected chi connectivity index (χ3v) is 7.52. The molecule has 1 amide bonds. The molecule has 196 valence electrons. The first-order valence-electron chi connectivity index (χ1n) is 11.1. The Morgan fingerprint density at radius 2 is 1.76 bits per heavy atom. The molecule has 38 heavy (non-hydrogen) atoms. The maximum atomic E-state index is 13.2. The highest BCUT2D eigenvalue weighted by Gasteiger charge is 2.21. The lowest BCUT2D eigenvalue weighted by Gasteiger charge is -2.13. The Morgan fingerprint density at radius 3 is 2.45 bits per heavy atom. The van der Waals surface area contributed by atoms with E-state index >= 15 is 0 Å². The monoisotopic (exact) mass is 573 g/mol. The fraction of sp³-hybridized carbons (Fsp3) is 0.115. The molecule has 0 aliphatic heterocycles. The van der Waals surface area contributed by atoms with Gasteiger partial charge in [-0.1, -0.05) is 60.5 Å². The number of fused-ring (bicyclic) bond motifs is 1. The summed E-state index contributed by atoms with van der Waals surface area (Å²) in [5.41, 5.74) is 0.651.